The molecule has 0 aliphatic carbocycles. The van der Waals surface area contributed by atoms with Crippen molar-refractivity contribution in [2.45, 2.75) is 27.3 Å². The summed E-state index contributed by atoms with van der Waals surface area (Å²) in [6.07, 6.45) is 0. The van der Waals surface area contributed by atoms with E-state index in [9.17, 15) is 14.4 Å². The molecular formula is C19H22N2O5. The Labute approximate surface area is 151 Å². The average molecular weight is 358 g/mol. The molecule has 1 heterocycles. The van der Waals surface area contributed by atoms with Crippen LogP contribution < -0.4 is 10.5 Å². The predicted octanol–water partition coefficient (Wildman–Crippen LogP) is 2.03. The largest absolute Gasteiger partial charge is 0.481 e. The smallest absolute Gasteiger partial charge is 0.344 e. The van der Waals surface area contributed by atoms with Gasteiger partial charge in [-0.15, -0.1) is 0 Å². The number of ether oxygens (including phenoxy) is 2. The van der Waals surface area contributed by atoms with E-state index in [4.69, 9.17) is 15.2 Å². The van der Waals surface area contributed by atoms with Gasteiger partial charge < -0.3 is 19.8 Å². The van der Waals surface area contributed by atoms with Crippen LogP contribution in [-0.4, -0.2) is 35.4 Å². The van der Waals surface area contributed by atoms with Crippen LogP contribution in [0.1, 0.15) is 39.0 Å². The van der Waals surface area contributed by atoms with Gasteiger partial charge in [0.2, 0.25) is 5.78 Å². The van der Waals surface area contributed by atoms with Gasteiger partial charge in [0.1, 0.15) is 5.75 Å². The molecule has 0 unspecified atom stereocenters. The van der Waals surface area contributed by atoms with Crippen LogP contribution >= 0.6 is 0 Å². The number of nitrogens with two attached hydrogens (primary N) is 1. The maximum absolute atomic E-state index is 12.3. The molecule has 26 heavy (non-hydrogen) atoms. The minimum absolute atomic E-state index is 0.170. The summed E-state index contributed by atoms with van der Waals surface area (Å²) in [6, 6.07) is 8.10. The van der Waals surface area contributed by atoms with Gasteiger partial charge in [-0.3, -0.25) is 9.59 Å². The summed E-state index contributed by atoms with van der Waals surface area (Å²) in [7, 11) is 0. The number of esters is 1. The fourth-order valence-corrected chi connectivity index (χ4v) is 2.77. The maximum atomic E-state index is 12.3. The quantitative estimate of drug-likeness (QED) is 0.575. The molecule has 0 aliphatic rings. The first kappa shape index (κ1) is 19.2. The summed E-state index contributed by atoms with van der Waals surface area (Å²) < 4.78 is 12.3. The highest BCUT2D eigenvalue weighted by Crippen LogP contribution is 2.17. The van der Waals surface area contributed by atoms with Gasteiger partial charge in [0.15, 0.2) is 13.2 Å². The first-order chi connectivity index (χ1) is 12.3. The molecule has 2 aromatic rings. The first-order valence-corrected chi connectivity index (χ1v) is 8.22. The van der Waals surface area contributed by atoms with Gasteiger partial charge in [0, 0.05) is 23.5 Å². The van der Waals surface area contributed by atoms with Gasteiger partial charge in [0.25, 0.3) is 5.91 Å². The Kier molecular flexibility index (Phi) is 6.16. The highest BCUT2D eigenvalue weighted by atomic mass is 16.6. The molecule has 7 nitrogen and oxygen atoms in total. The fraction of sp³-hybridized carbons (Fsp3) is 0.316. The summed E-state index contributed by atoms with van der Waals surface area (Å²) in [5, 5.41) is 0. The summed E-state index contributed by atoms with van der Waals surface area (Å²) in [6.45, 7) is 5.74. The number of aryl methyl sites for hydroxylation is 1. The van der Waals surface area contributed by atoms with Crippen molar-refractivity contribution in [3.63, 3.8) is 0 Å². The second-order valence-electron chi connectivity index (χ2n) is 5.76. The molecule has 1 aromatic heterocycles. The Morgan fingerprint density at radius 3 is 2.38 bits per heavy atom. The van der Waals surface area contributed by atoms with Crippen LogP contribution in [0.4, 0.5) is 0 Å². The number of primary amides is 1. The number of hydrogen-bond acceptors (Lipinski definition) is 5. The molecule has 0 fully saturated rings. The number of Topliss-reactive ketones (excluding diaryl/α,β-unsaturated/α-hetero) is 1. The number of nitrogens with zero attached hydrogens (tertiary/aromatic N) is 1. The summed E-state index contributed by atoms with van der Waals surface area (Å²) in [4.78, 5) is 35.4. The average Bonchev–Trinajstić information content (AvgIpc) is 2.91. The Morgan fingerprint density at radius 2 is 1.77 bits per heavy atom. The molecular weight excluding hydrogens is 336 g/mol. The number of rotatable bonds is 8. The number of benzene rings is 1. The lowest BCUT2D eigenvalue weighted by Gasteiger charge is -2.09. The highest BCUT2D eigenvalue weighted by Gasteiger charge is 2.17. The Hall–Kier alpha value is -3.09. The van der Waals surface area contributed by atoms with Gasteiger partial charge in [0.05, 0.1) is 5.56 Å². The van der Waals surface area contributed by atoms with Crippen molar-refractivity contribution in [2.24, 2.45) is 5.73 Å². The maximum Gasteiger partial charge on any atom is 0.344 e. The molecule has 0 atom stereocenters. The van der Waals surface area contributed by atoms with Crippen LogP contribution in [0.3, 0.4) is 0 Å². The fourth-order valence-electron chi connectivity index (χ4n) is 2.77. The molecule has 1 amide bonds. The van der Waals surface area contributed by atoms with Gasteiger partial charge in [-0.1, -0.05) is 12.1 Å². The van der Waals surface area contributed by atoms with Crippen LogP contribution in [0.2, 0.25) is 0 Å². The predicted molar refractivity (Wildman–Crippen MR) is 95.3 cm³/mol. The van der Waals surface area contributed by atoms with E-state index in [1.807, 2.05) is 25.3 Å². The molecule has 0 saturated heterocycles. The molecule has 0 aliphatic heterocycles. The van der Waals surface area contributed by atoms with Gasteiger partial charge in [-0.25, -0.2) is 4.79 Å². The number of para-hydroxylation sites is 1. The number of ketones is 1. The van der Waals surface area contributed by atoms with Crippen molar-refractivity contribution in [3.8, 4) is 5.75 Å². The third-order valence-corrected chi connectivity index (χ3v) is 4.05. The molecule has 7 heteroatoms. The van der Waals surface area contributed by atoms with E-state index in [1.165, 1.54) is 12.1 Å². The number of hydrogen-bond donors (Lipinski definition) is 1. The van der Waals surface area contributed by atoms with Crippen molar-refractivity contribution in [1.82, 2.24) is 4.57 Å². The topological polar surface area (TPSA) is 101 Å². The molecule has 0 saturated carbocycles. The Bertz CT molecular complexity index is 838. The van der Waals surface area contributed by atoms with Crippen molar-refractivity contribution in [3.05, 3.63) is 52.8 Å². The number of carbonyl (C=O) groups excluding carboxylic acids is 3. The third-order valence-electron chi connectivity index (χ3n) is 4.05. The molecule has 0 spiro atoms. The summed E-state index contributed by atoms with van der Waals surface area (Å²) in [5.74, 6) is -1.45. The third kappa shape index (κ3) is 4.30. The summed E-state index contributed by atoms with van der Waals surface area (Å²) >= 11 is 0. The monoisotopic (exact) mass is 358 g/mol. The molecule has 1 aromatic carbocycles. The second kappa shape index (κ2) is 8.33. The van der Waals surface area contributed by atoms with Crippen molar-refractivity contribution in [2.75, 3.05) is 13.2 Å². The first-order valence-electron chi connectivity index (χ1n) is 8.22. The standard InChI is InChI=1S/C19H22N2O5/c1-4-21-12(2)9-15(13(21)3)16(22)10-26-18(23)11-25-17-8-6-5-7-14(17)19(20)24/h5-9H,4,10-11H2,1-3H3,(H2,20,24). The van der Waals surface area contributed by atoms with E-state index in [-0.39, 0.29) is 23.7 Å². The van der Waals surface area contributed by atoms with E-state index in [0.29, 0.717) is 5.56 Å². The van der Waals surface area contributed by atoms with E-state index >= 15 is 0 Å². The number of aromatic nitrogens is 1. The Balaban J connectivity index is 1.91. The van der Waals surface area contributed by atoms with Crippen molar-refractivity contribution in [1.29, 1.82) is 0 Å². The SMILES string of the molecule is CCn1c(C)cc(C(=O)COC(=O)COc2ccccc2C(N)=O)c1C. The van der Waals surface area contributed by atoms with E-state index < -0.39 is 18.5 Å². The van der Waals surface area contributed by atoms with Crippen LogP contribution in [-0.2, 0) is 16.1 Å². The zero-order valence-electron chi connectivity index (χ0n) is 15.1. The normalized spacial score (nSPS) is 10.4. The zero-order chi connectivity index (χ0) is 19.3. The van der Waals surface area contributed by atoms with Crippen LogP contribution in [0.25, 0.3) is 0 Å². The van der Waals surface area contributed by atoms with Gasteiger partial charge in [-0.2, -0.15) is 0 Å². The van der Waals surface area contributed by atoms with Crippen molar-refractivity contribution < 1.29 is 23.9 Å². The lowest BCUT2D eigenvalue weighted by atomic mass is 10.1. The van der Waals surface area contributed by atoms with Crippen LogP contribution in [0.15, 0.2) is 30.3 Å². The molecule has 2 N–H and O–H groups in total. The van der Waals surface area contributed by atoms with Crippen molar-refractivity contribution >= 4 is 17.7 Å². The Morgan fingerprint density at radius 1 is 1.08 bits per heavy atom. The van der Waals surface area contributed by atoms with E-state index in [2.05, 4.69) is 0 Å². The molecule has 2 rings (SSSR count). The molecule has 138 valence electrons. The van der Waals surface area contributed by atoms with E-state index in [0.717, 1.165) is 17.9 Å². The summed E-state index contributed by atoms with van der Waals surface area (Å²) in [5.41, 5.74) is 7.77. The lowest BCUT2D eigenvalue weighted by Crippen LogP contribution is -2.21. The minimum atomic E-state index is -0.707. The minimum Gasteiger partial charge on any atom is -0.481 e. The van der Waals surface area contributed by atoms with E-state index in [1.54, 1.807) is 18.2 Å². The van der Waals surface area contributed by atoms with Gasteiger partial charge >= 0.3 is 5.97 Å². The number of carbonyl (C=O) groups is 3. The van der Waals surface area contributed by atoms with Gasteiger partial charge in [-0.05, 0) is 39.0 Å². The van der Waals surface area contributed by atoms with Crippen LogP contribution in [0, 0.1) is 13.8 Å². The number of amides is 1. The second-order valence-corrected chi connectivity index (χ2v) is 5.76. The molecule has 0 radical (unpaired) electrons. The molecule has 0 bridgehead atoms. The highest BCUT2D eigenvalue weighted by molar-refractivity contribution is 5.99. The zero-order valence-corrected chi connectivity index (χ0v) is 15.1. The lowest BCUT2D eigenvalue weighted by molar-refractivity contribution is -0.144. The van der Waals surface area contributed by atoms with Crippen LogP contribution in [0.5, 0.6) is 5.75 Å².